The first-order valence-corrected chi connectivity index (χ1v) is 17.8. The summed E-state index contributed by atoms with van der Waals surface area (Å²) in [6.07, 6.45) is -18.4. The van der Waals surface area contributed by atoms with Gasteiger partial charge in [-0.05, 0) is 0 Å². The Morgan fingerprint density at radius 1 is 0.404 bits per heavy atom. The molecule has 0 atom stereocenters. The molecule has 52 heavy (non-hydrogen) atoms. The minimum atomic E-state index is -4.77. The second-order valence-electron chi connectivity index (χ2n) is 12.4. The summed E-state index contributed by atoms with van der Waals surface area (Å²) in [5.41, 5.74) is -3.14. The first-order chi connectivity index (χ1) is 23.9. The monoisotopic (exact) mass is 760 g/mol. The van der Waals surface area contributed by atoms with Gasteiger partial charge in [-0.3, -0.25) is 0 Å². The standard InChI is InChI=1S/C28H16BF12.C9H13OS/c30-25(31,32)17-1-9-21(10-2-17)29(22-11-3-18(4-12-22)26(33,34)35,23-13-5-19(6-14-23)27(36,37)38)24-15-7-20(8-16-24)28(39,40)41;1-11(2,10)8-9-6-4-3-5-7-9/h1-16H;3-7H,8H2,1-2H3/q-1;+1. The Bertz CT molecular complexity index is 1720. The van der Waals surface area contributed by atoms with Gasteiger partial charge in [0.1, 0.15) is 24.4 Å². The number of alkyl halides is 12. The van der Waals surface area contributed by atoms with E-state index >= 15 is 0 Å². The number of rotatable bonds is 6. The molecule has 1 nitrogen and oxygen atoms in total. The average Bonchev–Trinajstić information content (AvgIpc) is 3.04. The summed E-state index contributed by atoms with van der Waals surface area (Å²) in [5.74, 6) is 0.688. The number of hydrogen-bond donors (Lipinski definition) is 0. The van der Waals surface area contributed by atoms with Gasteiger partial charge in [-0.1, -0.05) is 127 Å². The van der Waals surface area contributed by atoms with Gasteiger partial charge in [-0.2, -0.15) is 74.5 Å². The molecule has 5 rings (SSSR count). The highest BCUT2D eigenvalue weighted by molar-refractivity contribution is 8.00. The molecule has 0 unspecified atom stereocenters. The molecule has 0 aliphatic rings. The van der Waals surface area contributed by atoms with Crippen molar-refractivity contribution in [1.29, 1.82) is 0 Å². The van der Waals surface area contributed by atoms with Crippen LogP contribution in [0.1, 0.15) is 27.8 Å². The molecule has 5 aromatic rings. The third-order valence-corrected chi connectivity index (χ3v) is 9.34. The minimum Gasteiger partial charge on any atom is -0.195 e. The van der Waals surface area contributed by atoms with E-state index in [4.69, 9.17) is 0 Å². The highest BCUT2D eigenvalue weighted by Crippen LogP contribution is 2.32. The van der Waals surface area contributed by atoms with Crippen molar-refractivity contribution >= 4 is 37.9 Å². The van der Waals surface area contributed by atoms with Gasteiger partial charge in [-0.25, -0.2) is 0 Å². The molecule has 0 N–H and O–H groups in total. The van der Waals surface area contributed by atoms with E-state index in [2.05, 4.69) is 0 Å². The Kier molecular flexibility index (Phi) is 11.5. The van der Waals surface area contributed by atoms with Crippen molar-refractivity contribution in [3.8, 4) is 0 Å². The van der Waals surface area contributed by atoms with Gasteiger partial charge in [-0.15, -0.1) is 4.21 Å². The molecule has 0 aliphatic carbocycles. The van der Waals surface area contributed by atoms with E-state index in [1.165, 1.54) is 0 Å². The fraction of sp³-hybridized carbons (Fsp3) is 0.189. The summed E-state index contributed by atoms with van der Waals surface area (Å²) in [6, 6.07) is 23.5. The van der Waals surface area contributed by atoms with Crippen molar-refractivity contribution < 1.29 is 56.9 Å². The molecule has 0 aliphatic heterocycles. The van der Waals surface area contributed by atoms with Gasteiger partial charge in [0, 0.05) is 5.56 Å². The van der Waals surface area contributed by atoms with Gasteiger partial charge >= 0.3 is 24.7 Å². The van der Waals surface area contributed by atoms with E-state index < -0.39 is 63.0 Å². The average molecular weight is 760 g/mol. The topological polar surface area (TPSA) is 17.1 Å². The number of hydrogen-bond acceptors (Lipinski definition) is 1. The highest BCUT2D eigenvalue weighted by atomic mass is 32.2. The molecule has 0 amide bonds. The van der Waals surface area contributed by atoms with Crippen molar-refractivity contribution in [3.05, 3.63) is 155 Å². The van der Waals surface area contributed by atoms with Crippen LogP contribution >= 0.6 is 0 Å². The van der Waals surface area contributed by atoms with E-state index in [0.29, 0.717) is 54.3 Å². The lowest BCUT2D eigenvalue weighted by atomic mass is 9.13. The van der Waals surface area contributed by atoms with Crippen LogP contribution in [0.15, 0.2) is 127 Å². The second-order valence-corrected chi connectivity index (χ2v) is 15.6. The lowest BCUT2D eigenvalue weighted by Crippen LogP contribution is -2.74. The van der Waals surface area contributed by atoms with Crippen LogP contribution in [0.4, 0.5) is 52.7 Å². The Labute approximate surface area is 292 Å². The molecular weight excluding hydrogens is 731 g/mol. The van der Waals surface area contributed by atoms with Gasteiger partial charge in [0.25, 0.3) is 0 Å². The maximum absolute atomic E-state index is 13.3. The third kappa shape index (κ3) is 9.66. The van der Waals surface area contributed by atoms with Crippen molar-refractivity contribution in [2.24, 2.45) is 0 Å². The Hall–Kier alpha value is -4.53. The molecule has 0 saturated carbocycles. The van der Waals surface area contributed by atoms with E-state index in [0.717, 1.165) is 54.1 Å². The predicted molar refractivity (Wildman–Crippen MR) is 180 cm³/mol. The van der Waals surface area contributed by atoms with Crippen LogP contribution in [0.25, 0.3) is 0 Å². The predicted octanol–water partition coefficient (Wildman–Crippen LogP) is 9.08. The van der Waals surface area contributed by atoms with Gasteiger partial charge in [0.05, 0.1) is 32.2 Å². The normalized spacial score (nSPS) is 13.0. The first kappa shape index (κ1) is 40.2. The minimum absolute atomic E-state index is 0.0114. The van der Waals surface area contributed by atoms with Gasteiger partial charge in [0.15, 0.2) is 0 Å². The van der Waals surface area contributed by atoms with Crippen LogP contribution in [0.5, 0.6) is 0 Å². The van der Waals surface area contributed by atoms with E-state index in [-0.39, 0.29) is 21.9 Å². The largest absolute Gasteiger partial charge is 0.416 e. The smallest absolute Gasteiger partial charge is 0.195 e. The van der Waals surface area contributed by atoms with Gasteiger partial charge < -0.3 is 0 Å². The molecule has 0 saturated heterocycles. The summed E-state index contributed by atoms with van der Waals surface area (Å²) in [6.45, 7) is 0. The van der Waals surface area contributed by atoms with Crippen molar-refractivity contribution in [3.63, 3.8) is 0 Å². The molecule has 0 spiro atoms. The molecule has 0 radical (unpaired) electrons. The summed E-state index contributed by atoms with van der Waals surface area (Å²) < 4.78 is 171. The molecule has 0 bridgehead atoms. The van der Waals surface area contributed by atoms with Gasteiger partial charge in [0.2, 0.25) is 0 Å². The van der Waals surface area contributed by atoms with Crippen LogP contribution in [0.2, 0.25) is 0 Å². The molecule has 276 valence electrons. The summed E-state index contributed by atoms with van der Waals surface area (Å²) >= 11 is 0. The third-order valence-electron chi connectivity index (χ3n) is 8.31. The fourth-order valence-electron chi connectivity index (χ4n) is 5.97. The molecule has 0 fully saturated rings. The Balaban J connectivity index is 0.000000470. The van der Waals surface area contributed by atoms with Crippen LogP contribution in [-0.2, 0) is 44.6 Å². The van der Waals surface area contributed by atoms with Crippen LogP contribution in [-0.4, -0.2) is 18.7 Å². The number of halogens is 12. The zero-order valence-corrected chi connectivity index (χ0v) is 28.1. The van der Waals surface area contributed by atoms with Crippen molar-refractivity contribution in [1.82, 2.24) is 0 Å². The fourth-order valence-corrected chi connectivity index (χ4v) is 6.97. The Morgan fingerprint density at radius 3 is 0.827 bits per heavy atom. The Morgan fingerprint density at radius 2 is 0.635 bits per heavy atom. The molecular formula is C37H29BF12OS. The van der Waals surface area contributed by atoms with Crippen molar-refractivity contribution in [2.75, 3.05) is 12.5 Å². The first-order valence-electron chi connectivity index (χ1n) is 15.2. The zero-order chi connectivity index (χ0) is 38.8. The molecule has 0 heterocycles. The molecule has 5 aromatic carbocycles. The maximum atomic E-state index is 13.3. The molecule has 15 heteroatoms. The van der Waals surface area contributed by atoms with Crippen molar-refractivity contribution in [2.45, 2.75) is 30.5 Å². The summed E-state index contributed by atoms with van der Waals surface area (Å²) in [5, 5.41) is 0. The lowest BCUT2D eigenvalue weighted by Gasteiger charge is -2.44. The zero-order valence-electron chi connectivity index (χ0n) is 27.3. The lowest BCUT2D eigenvalue weighted by molar-refractivity contribution is -0.138. The molecule has 0 aromatic heterocycles. The number of benzene rings is 5. The summed E-state index contributed by atoms with van der Waals surface area (Å²) in [4.78, 5) is 0. The van der Waals surface area contributed by atoms with E-state index in [1.807, 2.05) is 30.3 Å². The second kappa shape index (κ2) is 14.8. The quantitative estimate of drug-likeness (QED) is 0.0960. The van der Waals surface area contributed by atoms with Crippen LogP contribution in [0, 0.1) is 0 Å². The van der Waals surface area contributed by atoms with E-state index in [1.54, 1.807) is 12.5 Å². The maximum Gasteiger partial charge on any atom is 0.416 e. The highest BCUT2D eigenvalue weighted by Gasteiger charge is 2.38. The van der Waals surface area contributed by atoms with E-state index in [9.17, 15) is 56.9 Å². The van der Waals surface area contributed by atoms with Crippen LogP contribution < -0.4 is 21.9 Å². The SMILES string of the molecule is C[S+](C)(=O)Cc1ccccc1.FC(F)(F)c1ccc([B-](c2ccc(C(F)(F)F)cc2)(c2ccc(C(F)(F)F)cc2)c2ccc(C(F)(F)F)cc2)cc1. The van der Waals surface area contributed by atoms with Crippen LogP contribution in [0.3, 0.4) is 0 Å². The summed E-state index contributed by atoms with van der Waals surface area (Å²) in [7, 11) is -1.63.